The van der Waals surface area contributed by atoms with Gasteiger partial charge in [0.1, 0.15) is 17.6 Å². The molecule has 92 valence electrons. The van der Waals surface area contributed by atoms with Crippen LogP contribution in [0.5, 0.6) is 11.5 Å². The number of hydrogen-bond donors (Lipinski definition) is 0. The van der Waals surface area contributed by atoms with E-state index in [1.807, 2.05) is 6.07 Å². The summed E-state index contributed by atoms with van der Waals surface area (Å²) in [6.45, 7) is 1.77. The first-order valence-corrected chi connectivity index (χ1v) is 4.86. The average Bonchev–Trinajstić information content (AvgIpc) is 2.26. The number of ether oxygens (including phenoxy) is 2. The topological polar surface area (TPSA) is 42.2 Å². The van der Waals surface area contributed by atoms with E-state index in [1.165, 1.54) is 12.1 Å². The van der Waals surface area contributed by atoms with E-state index in [9.17, 15) is 13.2 Å². The van der Waals surface area contributed by atoms with Gasteiger partial charge in [-0.1, -0.05) is 6.92 Å². The first kappa shape index (κ1) is 13.2. The molecule has 0 aliphatic rings. The van der Waals surface area contributed by atoms with Gasteiger partial charge in [-0.25, -0.2) is 0 Å². The predicted octanol–water partition coefficient (Wildman–Crippen LogP) is 3.27. The third kappa shape index (κ3) is 4.64. The second kappa shape index (κ2) is 5.43. The summed E-state index contributed by atoms with van der Waals surface area (Å²) < 4.78 is 44.5. The number of nitriles is 1. The molecule has 0 bridgehead atoms. The maximum atomic E-state index is 11.9. The SMILES string of the molecule is CCC(C#N)Oc1ccc(OC(F)(F)F)cc1. The number of nitrogens with zero attached hydrogens (tertiary/aromatic N) is 1. The minimum atomic E-state index is -4.71. The lowest BCUT2D eigenvalue weighted by Gasteiger charge is -2.12. The van der Waals surface area contributed by atoms with E-state index in [0.29, 0.717) is 12.2 Å². The third-order valence-corrected chi connectivity index (χ3v) is 1.85. The Balaban J connectivity index is 2.66. The maximum Gasteiger partial charge on any atom is 0.573 e. The van der Waals surface area contributed by atoms with Crippen LogP contribution in [0.2, 0.25) is 0 Å². The number of benzene rings is 1. The van der Waals surface area contributed by atoms with Gasteiger partial charge < -0.3 is 9.47 Å². The molecule has 0 heterocycles. The molecule has 1 aromatic carbocycles. The van der Waals surface area contributed by atoms with E-state index < -0.39 is 12.5 Å². The van der Waals surface area contributed by atoms with Gasteiger partial charge in [-0.2, -0.15) is 5.26 Å². The Bertz CT molecular complexity index is 395. The molecule has 0 radical (unpaired) electrons. The molecule has 0 spiro atoms. The second-order valence-electron chi connectivity index (χ2n) is 3.16. The molecule has 0 amide bonds. The quantitative estimate of drug-likeness (QED) is 0.817. The summed E-state index contributed by atoms with van der Waals surface area (Å²) in [6, 6.07) is 6.82. The molecule has 0 aliphatic heterocycles. The van der Waals surface area contributed by atoms with Crippen LogP contribution in [0.3, 0.4) is 0 Å². The van der Waals surface area contributed by atoms with Gasteiger partial charge in [-0.3, -0.25) is 0 Å². The van der Waals surface area contributed by atoms with E-state index in [0.717, 1.165) is 12.1 Å². The number of rotatable bonds is 4. The highest BCUT2D eigenvalue weighted by molar-refractivity contribution is 5.31. The summed E-state index contributed by atoms with van der Waals surface area (Å²) in [5, 5.41) is 8.65. The molecule has 1 aromatic rings. The lowest BCUT2D eigenvalue weighted by Crippen LogP contribution is -2.17. The fourth-order valence-corrected chi connectivity index (χ4v) is 1.09. The van der Waals surface area contributed by atoms with Crippen LogP contribution in [0, 0.1) is 11.3 Å². The van der Waals surface area contributed by atoms with Crippen molar-refractivity contribution >= 4 is 0 Å². The van der Waals surface area contributed by atoms with Crippen LogP contribution in [-0.2, 0) is 0 Å². The molecule has 6 heteroatoms. The van der Waals surface area contributed by atoms with Gasteiger partial charge in [0.05, 0.1) is 0 Å². The Morgan fingerprint density at radius 2 is 1.76 bits per heavy atom. The van der Waals surface area contributed by atoms with E-state index in [4.69, 9.17) is 10.00 Å². The largest absolute Gasteiger partial charge is 0.573 e. The van der Waals surface area contributed by atoms with Crippen LogP contribution in [0.25, 0.3) is 0 Å². The van der Waals surface area contributed by atoms with E-state index in [-0.39, 0.29) is 5.75 Å². The van der Waals surface area contributed by atoms with Crippen molar-refractivity contribution in [3.05, 3.63) is 24.3 Å². The highest BCUT2D eigenvalue weighted by atomic mass is 19.4. The number of alkyl halides is 3. The lowest BCUT2D eigenvalue weighted by molar-refractivity contribution is -0.274. The third-order valence-electron chi connectivity index (χ3n) is 1.85. The summed E-state index contributed by atoms with van der Waals surface area (Å²) in [5.74, 6) is 0.00257. The summed E-state index contributed by atoms with van der Waals surface area (Å²) in [6.07, 6.45) is -4.82. The first-order valence-electron chi connectivity index (χ1n) is 4.86. The molecule has 0 N–H and O–H groups in total. The van der Waals surface area contributed by atoms with Crippen LogP contribution in [0.4, 0.5) is 13.2 Å². The van der Waals surface area contributed by atoms with Crippen molar-refractivity contribution < 1.29 is 22.6 Å². The molecular formula is C11H10F3NO2. The van der Waals surface area contributed by atoms with Crippen molar-refractivity contribution in [2.75, 3.05) is 0 Å². The predicted molar refractivity (Wildman–Crippen MR) is 53.4 cm³/mol. The highest BCUT2D eigenvalue weighted by Crippen LogP contribution is 2.25. The van der Waals surface area contributed by atoms with Crippen molar-refractivity contribution in [3.8, 4) is 17.6 Å². The Hall–Kier alpha value is -1.90. The molecule has 0 aromatic heterocycles. The Morgan fingerprint density at radius 3 is 2.18 bits per heavy atom. The monoisotopic (exact) mass is 245 g/mol. The van der Waals surface area contributed by atoms with Crippen molar-refractivity contribution in [1.29, 1.82) is 5.26 Å². The molecule has 0 saturated carbocycles. The maximum absolute atomic E-state index is 11.9. The van der Waals surface area contributed by atoms with Crippen LogP contribution < -0.4 is 9.47 Å². The van der Waals surface area contributed by atoms with Gasteiger partial charge in [-0.15, -0.1) is 13.2 Å². The Kier molecular flexibility index (Phi) is 4.21. The normalized spacial score (nSPS) is 12.6. The zero-order valence-corrected chi connectivity index (χ0v) is 8.99. The van der Waals surface area contributed by atoms with Gasteiger partial charge in [-0.05, 0) is 30.7 Å². The van der Waals surface area contributed by atoms with E-state index in [1.54, 1.807) is 6.92 Å². The number of halogens is 3. The molecule has 17 heavy (non-hydrogen) atoms. The summed E-state index contributed by atoms with van der Waals surface area (Å²) >= 11 is 0. The minimum Gasteiger partial charge on any atom is -0.476 e. The lowest BCUT2D eigenvalue weighted by atomic mass is 10.3. The fraction of sp³-hybridized carbons (Fsp3) is 0.364. The molecule has 0 aliphatic carbocycles. The molecule has 0 fully saturated rings. The second-order valence-corrected chi connectivity index (χ2v) is 3.16. The van der Waals surface area contributed by atoms with Crippen LogP contribution in [0.1, 0.15) is 13.3 Å². The fourth-order valence-electron chi connectivity index (χ4n) is 1.09. The van der Waals surface area contributed by atoms with Crippen molar-refractivity contribution in [2.24, 2.45) is 0 Å². The summed E-state index contributed by atoms with van der Waals surface area (Å²) in [5.41, 5.74) is 0. The molecule has 1 atom stereocenters. The smallest absolute Gasteiger partial charge is 0.476 e. The molecule has 3 nitrogen and oxygen atoms in total. The first-order chi connectivity index (χ1) is 7.94. The molecule has 0 saturated heterocycles. The van der Waals surface area contributed by atoms with Crippen LogP contribution in [0.15, 0.2) is 24.3 Å². The van der Waals surface area contributed by atoms with Gasteiger partial charge in [0.15, 0.2) is 6.10 Å². The van der Waals surface area contributed by atoms with Gasteiger partial charge in [0.2, 0.25) is 0 Å². The zero-order valence-electron chi connectivity index (χ0n) is 8.99. The summed E-state index contributed by atoms with van der Waals surface area (Å²) in [7, 11) is 0. The zero-order chi connectivity index (χ0) is 12.9. The van der Waals surface area contributed by atoms with Crippen molar-refractivity contribution in [3.63, 3.8) is 0 Å². The molecule has 1 rings (SSSR count). The highest BCUT2D eigenvalue weighted by Gasteiger charge is 2.30. The van der Waals surface area contributed by atoms with Gasteiger partial charge >= 0.3 is 6.36 Å². The standard InChI is InChI=1S/C11H10F3NO2/c1-2-8(7-15)16-9-3-5-10(6-4-9)17-11(12,13)14/h3-6,8H,2H2,1H3. The summed E-state index contributed by atoms with van der Waals surface area (Å²) in [4.78, 5) is 0. The van der Waals surface area contributed by atoms with Gasteiger partial charge in [0, 0.05) is 0 Å². The van der Waals surface area contributed by atoms with E-state index >= 15 is 0 Å². The Labute approximate surface area is 96.4 Å². The minimum absolute atomic E-state index is 0.324. The van der Waals surface area contributed by atoms with Gasteiger partial charge in [0.25, 0.3) is 0 Å². The molecular weight excluding hydrogens is 235 g/mol. The van der Waals surface area contributed by atoms with E-state index in [2.05, 4.69) is 4.74 Å². The van der Waals surface area contributed by atoms with Crippen LogP contribution >= 0.6 is 0 Å². The number of hydrogen-bond acceptors (Lipinski definition) is 3. The van der Waals surface area contributed by atoms with Crippen molar-refractivity contribution in [2.45, 2.75) is 25.8 Å². The van der Waals surface area contributed by atoms with Crippen LogP contribution in [-0.4, -0.2) is 12.5 Å². The Morgan fingerprint density at radius 1 is 1.24 bits per heavy atom. The average molecular weight is 245 g/mol. The van der Waals surface area contributed by atoms with Crippen molar-refractivity contribution in [1.82, 2.24) is 0 Å². The molecule has 1 unspecified atom stereocenters.